The molecule has 0 saturated heterocycles. The molecule has 0 fully saturated rings. The van der Waals surface area contributed by atoms with Crippen LogP contribution >= 0.6 is 11.3 Å². The van der Waals surface area contributed by atoms with Gasteiger partial charge in [0, 0.05) is 0 Å². The number of hydrogen-bond donors (Lipinski definition) is 2. The van der Waals surface area contributed by atoms with E-state index in [0.717, 1.165) is 17.6 Å². The summed E-state index contributed by atoms with van der Waals surface area (Å²) in [6.45, 7) is 1.60. The SMILES string of the molecule is Cc1nc(CNS(C)(=O)=O)sc1C(=O)O. The second kappa shape index (κ2) is 4.25. The van der Waals surface area contributed by atoms with Gasteiger partial charge in [0.15, 0.2) is 0 Å². The number of nitrogens with zero attached hydrogens (tertiary/aromatic N) is 1. The number of aryl methyl sites for hydroxylation is 1. The Balaban J connectivity index is 2.81. The summed E-state index contributed by atoms with van der Waals surface area (Å²) < 4.78 is 23.8. The number of rotatable bonds is 4. The topological polar surface area (TPSA) is 96.4 Å². The predicted molar refractivity (Wildman–Crippen MR) is 55.5 cm³/mol. The quantitative estimate of drug-likeness (QED) is 0.795. The lowest BCUT2D eigenvalue weighted by atomic mass is 10.4. The summed E-state index contributed by atoms with van der Waals surface area (Å²) in [6, 6.07) is 0. The van der Waals surface area contributed by atoms with E-state index in [-0.39, 0.29) is 11.4 Å². The summed E-state index contributed by atoms with van der Waals surface area (Å²) in [5.41, 5.74) is 0.401. The molecule has 0 aromatic carbocycles. The number of carboxylic acid groups (broad SMARTS) is 1. The fourth-order valence-electron chi connectivity index (χ4n) is 0.919. The Morgan fingerprint density at radius 1 is 1.60 bits per heavy atom. The molecule has 0 radical (unpaired) electrons. The third-order valence-electron chi connectivity index (χ3n) is 1.52. The van der Waals surface area contributed by atoms with Crippen molar-refractivity contribution in [2.45, 2.75) is 13.5 Å². The molecule has 2 N–H and O–H groups in total. The Hall–Kier alpha value is -0.990. The van der Waals surface area contributed by atoms with Gasteiger partial charge in [0.25, 0.3) is 0 Å². The molecule has 0 saturated carbocycles. The minimum absolute atomic E-state index is 0.0254. The van der Waals surface area contributed by atoms with Crippen molar-refractivity contribution in [3.05, 3.63) is 15.6 Å². The zero-order valence-electron chi connectivity index (χ0n) is 8.14. The molecule has 8 heteroatoms. The van der Waals surface area contributed by atoms with Crippen molar-refractivity contribution in [1.29, 1.82) is 0 Å². The summed E-state index contributed by atoms with van der Waals surface area (Å²) in [4.78, 5) is 14.8. The lowest BCUT2D eigenvalue weighted by molar-refractivity contribution is 0.0701. The van der Waals surface area contributed by atoms with Gasteiger partial charge in [-0.1, -0.05) is 0 Å². The first-order chi connectivity index (χ1) is 6.79. The molecule has 1 rings (SSSR count). The Kier molecular flexibility index (Phi) is 3.42. The van der Waals surface area contributed by atoms with Crippen LogP contribution in [0.1, 0.15) is 20.4 Å². The zero-order valence-corrected chi connectivity index (χ0v) is 9.78. The first-order valence-electron chi connectivity index (χ1n) is 3.94. The van der Waals surface area contributed by atoms with Crippen LogP contribution in [0.25, 0.3) is 0 Å². The number of carboxylic acids is 1. The van der Waals surface area contributed by atoms with E-state index in [0.29, 0.717) is 10.7 Å². The molecule has 1 aromatic heterocycles. The highest BCUT2D eigenvalue weighted by Crippen LogP contribution is 2.17. The van der Waals surface area contributed by atoms with E-state index in [2.05, 4.69) is 9.71 Å². The van der Waals surface area contributed by atoms with Gasteiger partial charge in [0.1, 0.15) is 9.88 Å². The summed E-state index contributed by atoms with van der Waals surface area (Å²) in [7, 11) is -3.28. The average molecular weight is 250 g/mol. The average Bonchev–Trinajstić information content (AvgIpc) is 2.42. The van der Waals surface area contributed by atoms with E-state index in [1.807, 2.05) is 0 Å². The van der Waals surface area contributed by atoms with Crippen LogP contribution in [-0.2, 0) is 16.6 Å². The van der Waals surface area contributed by atoms with Crippen molar-refractivity contribution in [2.24, 2.45) is 0 Å². The maximum absolute atomic E-state index is 10.8. The zero-order chi connectivity index (χ0) is 11.6. The van der Waals surface area contributed by atoms with Gasteiger partial charge < -0.3 is 5.11 Å². The maximum atomic E-state index is 10.8. The first kappa shape index (κ1) is 12.1. The van der Waals surface area contributed by atoms with Crippen molar-refractivity contribution < 1.29 is 18.3 Å². The van der Waals surface area contributed by atoms with E-state index >= 15 is 0 Å². The number of aromatic nitrogens is 1. The van der Waals surface area contributed by atoms with Gasteiger partial charge in [-0.25, -0.2) is 22.9 Å². The monoisotopic (exact) mass is 250 g/mol. The van der Waals surface area contributed by atoms with Crippen molar-refractivity contribution in [2.75, 3.05) is 6.26 Å². The van der Waals surface area contributed by atoms with Crippen LogP contribution in [0.5, 0.6) is 0 Å². The van der Waals surface area contributed by atoms with Crippen LogP contribution in [0, 0.1) is 6.92 Å². The van der Waals surface area contributed by atoms with Crippen molar-refractivity contribution in [1.82, 2.24) is 9.71 Å². The molecule has 0 aliphatic carbocycles. The van der Waals surface area contributed by atoms with Gasteiger partial charge >= 0.3 is 5.97 Å². The van der Waals surface area contributed by atoms with Crippen LogP contribution in [-0.4, -0.2) is 30.7 Å². The Bertz CT molecular complexity index is 477. The minimum atomic E-state index is -3.28. The van der Waals surface area contributed by atoms with Crippen LogP contribution in [0.4, 0.5) is 0 Å². The Labute approximate surface area is 91.0 Å². The van der Waals surface area contributed by atoms with Crippen LogP contribution in [0.2, 0.25) is 0 Å². The van der Waals surface area contributed by atoms with Gasteiger partial charge in [-0.3, -0.25) is 0 Å². The van der Waals surface area contributed by atoms with E-state index in [1.165, 1.54) is 0 Å². The van der Waals surface area contributed by atoms with Crippen LogP contribution in [0.3, 0.4) is 0 Å². The maximum Gasteiger partial charge on any atom is 0.347 e. The molecule has 0 amide bonds. The van der Waals surface area contributed by atoms with Crippen LogP contribution < -0.4 is 4.72 Å². The lowest BCUT2D eigenvalue weighted by Crippen LogP contribution is -2.21. The number of thiazole rings is 1. The fraction of sp³-hybridized carbons (Fsp3) is 0.429. The highest BCUT2D eigenvalue weighted by Gasteiger charge is 2.14. The molecule has 1 heterocycles. The molecule has 0 atom stereocenters. The predicted octanol–water partition coefficient (Wildman–Crippen LogP) is 0.199. The molecular formula is C7H10N2O4S2. The van der Waals surface area contributed by atoms with Crippen molar-refractivity contribution >= 4 is 27.3 Å². The molecule has 0 aliphatic rings. The Morgan fingerprint density at radius 2 is 2.20 bits per heavy atom. The van der Waals surface area contributed by atoms with Gasteiger partial charge in [-0.05, 0) is 6.92 Å². The summed E-state index contributed by atoms with van der Waals surface area (Å²) in [6.07, 6.45) is 1.03. The fourth-order valence-corrected chi connectivity index (χ4v) is 2.25. The molecule has 0 bridgehead atoms. The molecule has 6 nitrogen and oxygen atoms in total. The smallest absolute Gasteiger partial charge is 0.347 e. The molecule has 84 valence electrons. The molecule has 1 aromatic rings. The number of nitrogens with one attached hydrogen (secondary N) is 1. The van der Waals surface area contributed by atoms with Crippen molar-refractivity contribution in [3.63, 3.8) is 0 Å². The summed E-state index contributed by atoms with van der Waals surface area (Å²) in [5.74, 6) is -1.05. The second-order valence-electron chi connectivity index (χ2n) is 2.92. The molecule has 0 aliphatic heterocycles. The third kappa shape index (κ3) is 3.57. The van der Waals surface area contributed by atoms with Gasteiger partial charge in [0.05, 0.1) is 18.5 Å². The number of aromatic carboxylic acids is 1. The van der Waals surface area contributed by atoms with E-state index in [9.17, 15) is 13.2 Å². The number of hydrogen-bond acceptors (Lipinski definition) is 5. The van der Waals surface area contributed by atoms with E-state index in [4.69, 9.17) is 5.11 Å². The largest absolute Gasteiger partial charge is 0.477 e. The molecule has 0 unspecified atom stereocenters. The highest BCUT2D eigenvalue weighted by atomic mass is 32.2. The second-order valence-corrected chi connectivity index (χ2v) is 5.84. The van der Waals surface area contributed by atoms with Crippen LogP contribution in [0.15, 0.2) is 0 Å². The molecular weight excluding hydrogens is 240 g/mol. The first-order valence-corrected chi connectivity index (χ1v) is 6.64. The molecule has 15 heavy (non-hydrogen) atoms. The van der Waals surface area contributed by atoms with Gasteiger partial charge in [-0.2, -0.15) is 0 Å². The number of sulfonamides is 1. The third-order valence-corrected chi connectivity index (χ3v) is 3.33. The van der Waals surface area contributed by atoms with E-state index < -0.39 is 16.0 Å². The van der Waals surface area contributed by atoms with E-state index in [1.54, 1.807) is 6.92 Å². The highest BCUT2D eigenvalue weighted by molar-refractivity contribution is 7.88. The minimum Gasteiger partial charge on any atom is -0.477 e. The lowest BCUT2D eigenvalue weighted by Gasteiger charge is -1.96. The van der Waals surface area contributed by atoms with Gasteiger partial charge in [-0.15, -0.1) is 11.3 Å². The molecule has 0 spiro atoms. The summed E-state index contributed by atoms with van der Waals surface area (Å²) >= 11 is 0.971. The normalized spacial score (nSPS) is 11.6. The standard InChI is InChI=1S/C7H10N2O4S2/c1-4-6(7(10)11)14-5(9-4)3-8-15(2,12)13/h8H,3H2,1-2H3,(H,10,11). The number of carbonyl (C=O) groups is 1. The van der Waals surface area contributed by atoms with Crippen molar-refractivity contribution in [3.8, 4) is 0 Å². The Morgan fingerprint density at radius 3 is 2.60 bits per heavy atom. The summed E-state index contributed by atoms with van der Waals surface area (Å²) in [5, 5.41) is 9.18. The van der Waals surface area contributed by atoms with Gasteiger partial charge in [0.2, 0.25) is 10.0 Å².